The maximum atomic E-state index is 14.7. The van der Waals surface area contributed by atoms with Crippen LogP contribution in [0, 0.1) is 6.92 Å². The Morgan fingerprint density at radius 2 is 0.910 bits per heavy atom. The number of fused-ring (bicyclic) bond motifs is 6. The second kappa shape index (κ2) is 15.8. The molecule has 0 aliphatic rings. The third kappa shape index (κ3) is 6.84. The van der Waals surface area contributed by atoms with Crippen molar-refractivity contribution in [3.8, 4) is 67.8 Å². The number of alkyl halides is 3. The van der Waals surface area contributed by atoms with Gasteiger partial charge in [0.05, 0.1) is 33.3 Å². The second-order valence-corrected chi connectivity index (χ2v) is 16.8. The summed E-state index contributed by atoms with van der Waals surface area (Å²) in [6.45, 7) is 1.68. The molecule has 9 aromatic carbocycles. The van der Waals surface area contributed by atoms with Crippen LogP contribution in [-0.2, 0) is 6.18 Å². The quantitative estimate of drug-likeness (QED) is 0.160. The SMILES string of the molecule is Cc1ccc(-c2ccc3c4ccccc4n(-c4ccc(-c5cccc6c7ccccc7n(-c7ccccc7)c56)cc4-c4nc(-c5ccccc5)nc(-c5ccccc5)n4)c3c2)c(C(F)(F)F)c1. The van der Waals surface area contributed by atoms with E-state index in [-0.39, 0.29) is 5.56 Å². The summed E-state index contributed by atoms with van der Waals surface area (Å²) in [5, 5.41) is 4.12. The van der Waals surface area contributed by atoms with Crippen molar-refractivity contribution in [2.24, 2.45) is 0 Å². The minimum absolute atomic E-state index is 0.117. The van der Waals surface area contributed by atoms with Gasteiger partial charge >= 0.3 is 6.18 Å². The first-order chi connectivity index (χ1) is 32.8. The van der Waals surface area contributed by atoms with Gasteiger partial charge in [-0.1, -0.05) is 169 Å². The molecule has 12 rings (SSSR count). The molecule has 0 fully saturated rings. The van der Waals surface area contributed by atoms with Crippen LogP contribution in [0.1, 0.15) is 11.1 Å². The molecule has 0 aliphatic carbocycles. The van der Waals surface area contributed by atoms with Crippen molar-refractivity contribution in [1.82, 2.24) is 24.1 Å². The molecule has 0 unspecified atom stereocenters. The Morgan fingerprint density at radius 3 is 1.58 bits per heavy atom. The third-order valence-corrected chi connectivity index (χ3v) is 12.7. The first-order valence-electron chi connectivity index (χ1n) is 22.1. The molecule has 320 valence electrons. The summed E-state index contributed by atoms with van der Waals surface area (Å²) in [5.41, 5.74) is 10.3. The average Bonchev–Trinajstić information content (AvgIpc) is 3.89. The molecule has 0 N–H and O–H groups in total. The number of aryl methyl sites for hydroxylation is 1. The monoisotopic (exact) mass is 873 g/mol. The number of aromatic nitrogens is 5. The standard InChI is InChI=1S/C59H38F3N5/c1-37-28-31-43(50(34-37)59(60,61)62)41-29-32-47-45-22-11-14-27-52(45)67(54(47)36-41)53-33-30-40(44-24-15-25-48-46-23-12-13-26-51(46)66(55(44)48)42-20-9-4-10-21-42)35-49(53)58-64-56(38-16-5-2-6-17-38)63-57(65-58)39-18-7-3-8-19-39/h2-36H,1H3. The largest absolute Gasteiger partial charge is 0.417 e. The van der Waals surface area contributed by atoms with Crippen molar-refractivity contribution >= 4 is 43.6 Å². The van der Waals surface area contributed by atoms with Crippen LogP contribution in [0.3, 0.4) is 0 Å². The molecule has 0 radical (unpaired) electrons. The minimum atomic E-state index is -4.55. The van der Waals surface area contributed by atoms with Crippen LogP contribution in [0.2, 0.25) is 0 Å². The summed E-state index contributed by atoms with van der Waals surface area (Å²) in [5.74, 6) is 1.46. The number of halogens is 3. The van der Waals surface area contributed by atoms with Crippen LogP contribution in [0.15, 0.2) is 212 Å². The molecule has 5 nitrogen and oxygen atoms in total. The predicted octanol–water partition coefficient (Wildman–Crippen LogP) is 15.7. The maximum absolute atomic E-state index is 14.7. The highest BCUT2D eigenvalue weighted by Crippen LogP contribution is 2.44. The molecule has 0 saturated heterocycles. The zero-order chi connectivity index (χ0) is 45.2. The molecule has 0 spiro atoms. The Morgan fingerprint density at radius 1 is 0.373 bits per heavy atom. The molecular weight excluding hydrogens is 836 g/mol. The predicted molar refractivity (Wildman–Crippen MR) is 265 cm³/mol. The van der Waals surface area contributed by atoms with Gasteiger partial charge in [0.15, 0.2) is 17.5 Å². The Labute approximate surface area is 383 Å². The van der Waals surface area contributed by atoms with Crippen LogP contribution < -0.4 is 0 Å². The van der Waals surface area contributed by atoms with Gasteiger partial charge < -0.3 is 9.13 Å². The van der Waals surface area contributed by atoms with E-state index in [1.54, 1.807) is 25.1 Å². The first kappa shape index (κ1) is 39.9. The average molecular weight is 874 g/mol. The van der Waals surface area contributed by atoms with Gasteiger partial charge in [-0.2, -0.15) is 13.2 Å². The summed E-state index contributed by atoms with van der Waals surface area (Å²) >= 11 is 0. The van der Waals surface area contributed by atoms with Crippen LogP contribution in [-0.4, -0.2) is 24.1 Å². The van der Waals surface area contributed by atoms with E-state index in [9.17, 15) is 13.2 Å². The Kier molecular flexibility index (Phi) is 9.43. The van der Waals surface area contributed by atoms with Crippen LogP contribution in [0.4, 0.5) is 13.2 Å². The number of hydrogen-bond donors (Lipinski definition) is 0. The molecule has 12 aromatic rings. The fourth-order valence-corrected chi connectivity index (χ4v) is 9.65. The first-order valence-corrected chi connectivity index (χ1v) is 22.1. The fourth-order valence-electron chi connectivity index (χ4n) is 9.65. The summed E-state index contributed by atoms with van der Waals surface area (Å²) < 4.78 is 48.6. The smallest absolute Gasteiger partial charge is 0.309 e. The molecule has 0 saturated carbocycles. The Bertz CT molecular complexity index is 3800. The van der Waals surface area contributed by atoms with Crippen molar-refractivity contribution in [2.75, 3.05) is 0 Å². The lowest BCUT2D eigenvalue weighted by Crippen LogP contribution is -2.07. The van der Waals surface area contributed by atoms with E-state index in [2.05, 4.69) is 106 Å². The lowest BCUT2D eigenvalue weighted by molar-refractivity contribution is -0.137. The van der Waals surface area contributed by atoms with E-state index in [1.807, 2.05) is 91.0 Å². The summed E-state index contributed by atoms with van der Waals surface area (Å²) in [7, 11) is 0. The van der Waals surface area contributed by atoms with E-state index < -0.39 is 11.7 Å². The zero-order valence-corrected chi connectivity index (χ0v) is 36.1. The number of para-hydroxylation sites is 4. The topological polar surface area (TPSA) is 48.5 Å². The van der Waals surface area contributed by atoms with Gasteiger partial charge in [-0.3, -0.25) is 0 Å². The fraction of sp³-hybridized carbons (Fsp3) is 0.0339. The van der Waals surface area contributed by atoms with Crippen LogP contribution in [0.25, 0.3) is 111 Å². The molecule has 3 heterocycles. The van der Waals surface area contributed by atoms with Gasteiger partial charge in [-0.15, -0.1) is 0 Å². The molecule has 0 amide bonds. The summed E-state index contributed by atoms with van der Waals surface area (Å²) in [6.07, 6.45) is -4.55. The minimum Gasteiger partial charge on any atom is -0.309 e. The van der Waals surface area contributed by atoms with Gasteiger partial charge in [-0.05, 0) is 72.1 Å². The van der Waals surface area contributed by atoms with Crippen molar-refractivity contribution in [2.45, 2.75) is 13.1 Å². The van der Waals surface area contributed by atoms with Crippen LogP contribution in [0.5, 0.6) is 0 Å². The summed E-state index contributed by atoms with van der Waals surface area (Å²) in [4.78, 5) is 15.6. The van der Waals surface area contributed by atoms with Crippen molar-refractivity contribution in [1.29, 1.82) is 0 Å². The number of nitrogens with zero attached hydrogens (tertiary/aromatic N) is 5. The highest BCUT2D eigenvalue weighted by atomic mass is 19.4. The molecule has 0 aliphatic heterocycles. The highest BCUT2D eigenvalue weighted by molar-refractivity contribution is 6.14. The highest BCUT2D eigenvalue weighted by Gasteiger charge is 2.34. The van der Waals surface area contributed by atoms with Crippen LogP contribution >= 0.6 is 0 Å². The molecule has 8 heteroatoms. The molecule has 0 bridgehead atoms. The molecule has 67 heavy (non-hydrogen) atoms. The van der Waals surface area contributed by atoms with E-state index in [0.29, 0.717) is 34.2 Å². The van der Waals surface area contributed by atoms with E-state index in [1.165, 1.54) is 6.07 Å². The second-order valence-electron chi connectivity index (χ2n) is 16.8. The Balaban J connectivity index is 1.18. The normalized spacial score (nSPS) is 11.9. The Hall–Kier alpha value is -8.62. The molecule has 3 aromatic heterocycles. The summed E-state index contributed by atoms with van der Waals surface area (Å²) in [6, 6.07) is 69.6. The van der Waals surface area contributed by atoms with Gasteiger partial charge in [0.2, 0.25) is 0 Å². The van der Waals surface area contributed by atoms with Gasteiger partial charge in [0, 0.05) is 49.5 Å². The lowest BCUT2D eigenvalue weighted by Gasteiger charge is -2.18. The number of rotatable bonds is 7. The molecule has 0 atom stereocenters. The lowest BCUT2D eigenvalue weighted by atomic mass is 9.96. The number of hydrogen-bond acceptors (Lipinski definition) is 3. The maximum Gasteiger partial charge on any atom is 0.417 e. The zero-order valence-electron chi connectivity index (χ0n) is 36.1. The van der Waals surface area contributed by atoms with E-state index in [4.69, 9.17) is 15.0 Å². The number of benzene rings is 9. The van der Waals surface area contributed by atoms with E-state index >= 15 is 0 Å². The van der Waals surface area contributed by atoms with Crippen molar-refractivity contribution in [3.05, 3.63) is 223 Å². The van der Waals surface area contributed by atoms with Gasteiger partial charge in [-0.25, -0.2) is 15.0 Å². The van der Waals surface area contributed by atoms with Crippen molar-refractivity contribution < 1.29 is 13.2 Å². The van der Waals surface area contributed by atoms with Gasteiger partial charge in [0.1, 0.15) is 0 Å². The van der Waals surface area contributed by atoms with E-state index in [0.717, 1.165) is 77.2 Å². The third-order valence-electron chi connectivity index (χ3n) is 12.7. The van der Waals surface area contributed by atoms with Gasteiger partial charge in [0.25, 0.3) is 0 Å². The van der Waals surface area contributed by atoms with Crippen molar-refractivity contribution in [3.63, 3.8) is 0 Å². The molecular formula is C59H38F3N5.